The van der Waals surface area contributed by atoms with Gasteiger partial charge in [0.05, 0.1) is 19.7 Å². The van der Waals surface area contributed by atoms with Crippen LogP contribution in [0.25, 0.3) is 11.1 Å². The summed E-state index contributed by atoms with van der Waals surface area (Å²) in [5, 5.41) is 8.35. The average Bonchev–Trinajstić information content (AvgIpc) is 3.24. The highest BCUT2D eigenvalue weighted by atomic mass is 32.1. The molecular formula is C17H20N2O2S. The van der Waals surface area contributed by atoms with E-state index in [-0.39, 0.29) is 11.9 Å². The van der Waals surface area contributed by atoms with Crippen LogP contribution in [0.4, 0.5) is 0 Å². The number of ether oxygens (including phenoxy) is 1. The summed E-state index contributed by atoms with van der Waals surface area (Å²) in [6, 6.07) is 10.1. The van der Waals surface area contributed by atoms with Crippen LogP contribution in [0, 0.1) is 0 Å². The molecule has 1 aromatic carbocycles. The van der Waals surface area contributed by atoms with Crippen molar-refractivity contribution < 1.29 is 9.53 Å². The smallest absolute Gasteiger partial charge is 0.237 e. The number of rotatable bonds is 5. The Morgan fingerprint density at radius 1 is 1.36 bits per heavy atom. The van der Waals surface area contributed by atoms with Crippen LogP contribution in [0.5, 0.6) is 5.75 Å². The Labute approximate surface area is 134 Å². The first-order chi connectivity index (χ1) is 10.8. The third kappa shape index (κ3) is 3.48. The second-order valence-electron chi connectivity index (χ2n) is 5.40. The van der Waals surface area contributed by atoms with E-state index >= 15 is 0 Å². The molecule has 1 amide bonds. The first-order valence-corrected chi connectivity index (χ1v) is 8.37. The first-order valence-electron chi connectivity index (χ1n) is 7.49. The zero-order valence-corrected chi connectivity index (χ0v) is 13.4. The number of hydrogen-bond acceptors (Lipinski definition) is 4. The number of thiophene rings is 1. The number of nitrogens with one attached hydrogen (secondary N) is 2. The molecule has 3 rings (SSSR count). The van der Waals surface area contributed by atoms with Gasteiger partial charge in [-0.05, 0) is 54.1 Å². The summed E-state index contributed by atoms with van der Waals surface area (Å²) in [6.07, 6.45) is 2.02. The number of hydrogen-bond donors (Lipinski definition) is 2. The highest BCUT2D eigenvalue weighted by Crippen LogP contribution is 2.27. The average molecular weight is 316 g/mol. The monoisotopic (exact) mass is 316 g/mol. The Bertz CT molecular complexity index is 630. The lowest BCUT2D eigenvalue weighted by Crippen LogP contribution is -2.39. The highest BCUT2D eigenvalue weighted by Gasteiger charge is 2.21. The largest absolute Gasteiger partial charge is 0.497 e. The fourth-order valence-electron chi connectivity index (χ4n) is 2.61. The zero-order chi connectivity index (χ0) is 15.4. The Morgan fingerprint density at radius 2 is 2.18 bits per heavy atom. The van der Waals surface area contributed by atoms with E-state index in [1.54, 1.807) is 18.4 Å². The summed E-state index contributed by atoms with van der Waals surface area (Å²) in [6.45, 7) is 1.54. The summed E-state index contributed by atoms with van der Waals surface area (Å²) < 4.78 is 5.17. The molecule has 1 aliphatic heterocycles. The Hall–Kier alpha value is -1.85. The summed E-state index contributed by atoms with van der Waals surface area (Å²) in [7, 11) is 1.67. The standard InChI is InChI=1S/C17H20N2O2S/c1-21-14-6-4-12(5-7-14)13-9-15(22-11-13)10-19-17(20)16-3-2-8-18-16/h4-7,9,11,16,18H,2-3,8,10H2,1H3,(H,19,20)/t16-/m0/s1. The van der Waals surface area contributed by atoms with E-state index in [2.05, 4.69) is 22.1 Å². The van der Waals surface area contributed by atoms with Crippen LogP contribution in [0.15, 0.2) is 35.7 Å². The van der Waals surface area contributed by atoms with Crippen molar-refractivity contribution in [2.75, 3.05) is 13.7 Å². The van der Waals surface area contributed by atoms with Gasteiger partial charge >= 0.3 is 0 Å². The fourth-order valence-corrected chi connectivity index (χ4v) is 3.45. The predicted octanol–water partition coefficient (Wildman–Crippen LogP) is 2.79. The summed E-state index contributed by atoms with van der Waals surface area (Å²) in [4.78, 5) is 13.1. The lowest BCUT2D eigenvalue weighted by atomic mass is 10.1. The molecule has 0 radical (unpaired) electrons. The fraction of sp³-hybridized carbons (Fsp3) is 0.353. The van der Waals surface area contributed by atoms with E-state index in [0.29, 0.717) is 6.54 Å². The number of amides is 1. The van der Waals surface area contributed by atoms with Gasteiger partial charge in [-0.15, -0.1) is 11.3 Å². The van der Waals surface area contributed by atoms with Gasteiger partial charge < -0.3 is 15.4 Å². The normalized spacial score (nSPS) is 17.4. The summed E-state index contributed by atoms with van der Waals surface area (Å²) in [5.74, 6) is 0.965. The zero-order valence-electron chi connectivity index (χ0n) is 12.6. The van der Waals surface area contributed by atoms with Gasteiger partial charge in [-0.2, -0.15) is 0 Å². The van der Waals surface area contributed by atoms with E-state index in [9.17, 15) is 4.79 Å². The third-order valence-electron chi connectivity index (χ3n) is 3.89. The van der Waals surface area contributed by atoms with Gasteiger partial charge in [0.2, 0.25) is 5.91 Å². The van der Waals surface area contributed by atoms with Crippen molar-refractivity contribution in [3.63, 3.8) is 0 Å². The molecule has 2 heterocycles. The maximum atomic E-state index is 12.0. The predicted molar refractivity (Wildman–Crippen MR) is 89.2 cm³/mol. The number of carbonyl (C=O) groups excluding carboxylic acids is 1. The Balaban J connectivity index is 1.59. The molecule has 116 valence electrons. The van der Waals surface area contributed by atoms with Crippen LogP contribution in [-0.4, -0.2) is 25.6 Å². The van der Waals surface area contributed by atoms with Crippen molar-refractivity contribution in [3.05, 3.63) is 40.6 Å². The van der Waals surface area contributed by atoms with Gasteiger partial charge in [0.15, 0.2) is 0 Å². The van der Waals surface area contributed by atoms with E-state index in [4.69, 9.17) is 4.74 Å². The lowest BCUT2D eigenvalue weighted by Gasteiger charge is -2.09. The van der Waals surface area contributed by atoms with Crippen molar-refractivity contribution in [2.45, 2.75) is 25.4 Å². The molecule has 1 fully saturated rings. The quantitative estimate of drug-likeness (QED) is 0.892. The van der Waals surface area contributed by atoms with Crippen molar-refractivity contribution >= 4 is 17.2 Å². The minimum absolute atomic E-state index is 0.0129. The molecule has 0 unspecified atom stereocenters. The van der Waals surface area contributed by atoms with E-state index in [0.717, 1.165) is 35.6 Å². The van der Waals surface area contributed by atoms with Crippen molar-refractivity contribution in [1.82, 2.24) is 10.6 Å². The summed E-state index contributed by atoms with van der Waals surface area (Å²) >= 11 is 1.67. The minimum Gasteiger partial charge on any atom is -0.497 e. The van der Waals surface area contributed by atoms with E-state index < -0.39 is 0 Å². The van der Waals surface area contributed by atoms with Gasteiger partial charge in [0.1, 0.15) is 5.75 Å². The van der Waals surface area contributed by atoms with E-state index in [1.165, 1.54) is 5.56 Å². The Morgan fingerprint density at radius 3 is 2.86 bits per heavy atom. The summed E-state index contributed by atoms with van der Waals surface area (Å²) in [5.41, 5.74) is 2.34. The van der Waals surface area contributed by atoms with Gasteiger partial charge in [0.25, 0.3) is 0 Å². The van der Waals surface area contributed by atoms with Crippen LogP contribution >= 0.6 is 11.3 Å². The molecule has 0 spiro atoms. The Kier molecular flexibility index (Phi) is 4.75. The molecule has 1 aromatic heterocycles. The SMILES string of the molecule is COc1ccc(-c2csc(CNC(=O)[C@@H]3CCCN3)c2)cc1. The van der Waals surface area contributed by atoms with Crippen molar-refractivity contribution in [1.29, 1.82) is 0 Å². The molecule has 0 saturated carbocycles. The van der Waals surface area contributed by atoms with Gasteiger partial charge in [-0.1, -0.05) is 12.1 Å². The third-order valence-corrected chi connectivity index (χ3v) is 4.83. The molecule has 5 heteroatoms. The molecule has 22 heavy (non-hydrogen) atoms. The molecule has 2 N–H and O–H groups in total. The number of carbonyl (C=O) groups is 1. The van der Waals surface area contributed by atoms with Crippen molar-refractivity contribution in [2.24, 2.45) is 0 Å². The molecule has 4 nitrogen and oxygen atoms in total. The van der Waals surface area contributed by atoms with Gasteiger partial charge in [-0.3, -0.25) is 4.79 Å². The first kappa shape index (κ1) is 15.1. The molecule has 0 aliphatic carbocycles. The van der Waals surface area contributed by atoms with Crippen LogP contribution in [0.3, 0.4) is 0 Å². The van der Waals surface area contributed by atoms with Crippen molar-refractivity contribution in [3.8, 4) is 16.9 Å². The maximum absolute atomic E-state index is 12.0. The van der Waals surface area contributed by atoms with Gasteiger partial charge in [0, 0.05) is 4.88 Å². The van der Waals surface area contributed by atoms with Crippen LogP contribution < -0.4 is 15.4 Å². The molecule has 1 atom stereocenters. The highest BCUT2D eigenvalue weighted by molar-refractivity contribution is 7.10. The second kappa shape index (κ2) is 6.94. The second-order valence-corrected chi connectivity index (χ2v) is 6.39. The van der Waals surface area contributed by atoms with E-state index in [1.807, 2.05) is 24.3 Å². The molecular weight excluding hydrogens is 296 g/mol. The minimum atomic E-state index is -0.0129. The molecule has 1 aliphatic rings. The lowest BCUT2D eigenvalue weighted by molar-refractivity contribution is -0.122. The topological polar surface area (TPSA) is 50.4 Å². The molecule has 1 saturated heterocycles. The molecule has 2 aromatic rings. The molecule has 0 bridgehead atoms. The number of benzene rings is 1. The van der Waals surface area contributed by atoms with Gasteiger partial charge in [-0.25, -0.2) is 0 Å². The number of methoxy groups -OCH3 is 1. The van der Waals surface area contributed by atoms with Crippen LogP contribution in [-0.2, 0) is 11.3 Å². The maximum Gasteiger partial charge on any atom is 0.237 e. The van der Waals surface area contributed by atoms with Crippen LogP contribution in [0.1, 0.15) is 17.7 Å². The van der Waals surface area contributed by atoms with Crippen LogP contribution in [0.2, 0.25) is 0 Å².